The summed E-state index contributed by atoms with van der Waals surface area (Å²) in [5.41, 5.74) is 1.93. The van der Waals surface area contributed by atoms with Crippen molar-refractivity contribution in [2.75, 3.05) is 6.61 Å². The number of carbonyl (C=O) groups is 1. The zero-order valence-electron chi connectivity index (χ0n) is 18.4. The molecule has 33 heavy (non-hydrogen) atoms. The summed E-state index contributed by atoms with van der Waals surface area (Å²) in [6.45, 7) is 3.82. The van der Waals surface area contributed by atoms with Crippen LogP contribution in [0.2, 0.25) is 0 Å². The Labute approximate surface area is 191 Å². The summed E-state index contributed by atoms with van der Waals surface area (Å²) in [6.07, 6.45) is 0. The molecule has 1 N–H and O–H groups in total. The third-order valence-electron chi connectivity index (χ3n) is 4.89. The average Bonchev–Trinajstić information content (AvgIpc) is 3.15. The Morgan fingerprint density at radius 2 is 1.61 bits per heavy atom. The molecule has 4 rings (SSSR count). The number of aromatic hydroxyl groups is 1. The van der Waals surface area contributed by atoms with Gasteiger partial charge in [0.25, 0.3) is 0 Å². The van der Waals surface area contributed by atoms with Gasteiger partial charge in [0, 0.05) is 0 Å². The standard InChI is InChI=1S/C26H24N2O5/c1-3-31-26(30)24-18(2)27-25(22-11-7-8-12-23(22)29)28(24)32-17-19-13-15-21(16-14-19)33-20-9-5-4-6-10-20/h4-16,29H,3,17H2,1-2H3. The molecule has 0 aliphatic carbocycles. The molecule has 0 unspecified atom stereocenters. The van der Waals surface area contributed by atoms with Crippen LogP contribution in [0.25, 0.3) is 11.4 Å². The van der Waals surface area contributed by atoms with Gasteiger partial charge in [0.15, 0.2) is 11.5 Å². The van der Waals surface area contributed by atoms with Crippen LogP contribution in [0.1, 0.15) is 28.7 Å². The van der Waals surface area contributed by atoms with E-state index in [0.29, 0.717) is 22.8 Å². The lowest BCUT2D eigenvalue weighted by molar-refractivity contribution is 0.0426. The predicted octanol–water partition coefficient (Wildman–Crippen LogP) is 5.16. The summed E-state index contributed by atoms with van der Waals surface area (Å²) in [5, 5.41) is 10.3. The first-order chi connectivity index (χ1) is 16.1. The fourth-order valence-electron chi connectivity index (χ4n) is 3.32. The molecule has 0 amide bonds. The minimum Gasteiger partial charge on any atom is -0.507 e. The number of phenols is 1. The van der Waals surface area contributed by atoms with Crippen molar-refractivity contribution >= 4 is 5.97 Å². The lowest BCUT2D eigenvalue weighted by atomic mass is 10.2. The van der Waals surface area contributed by atoms with E-state index in [0.717, 1.165) is 11.3 Å². The maximum atomic E-state index is 12.6. The van der Waals surface area contributed by atoms with E-state index >= 15 is 0 Å². The largest absolute Gasteiger partial charge is 0.507 e. The van der Waals surface area contributed by atoms with Crippen molar-refractivity contribution in [2.45, 2.75) is 20.5 Å². The first-order valence-electron chi connectivity index (χ1n) is 10.6. The Bertz CT molecular complexity index is 1230. The second-order valence-electron chi connectivity index (χ2n) is 7.23. The number of esters is 1. The van der Waals surface area contributed by atoms with Crippen LogP contribution in [0.3, 0.4) is 0 Å². The number of aromatic nitrogens is 2. The molecule has 1 aromatic heterocycles. The number of imidazole rings is 1. The molecule has 0 aliphatic rings. The summed E-state index contributed by atoms with van der Waals surface area (Å²) in [5.74, 6) is 1.26. The van der Waals surface area contributed by atoms with Gasteiger partial charge in [-0.15, -0.1) is 0 Å². The van der Waals surface area contributed by atoms with E-state index in [9.17, 15) is 9.90 Å². The van der Waals surface area contributed by atoms with Gasteiger partial charge in [0.05, 0.1) is 17.9 Å². The second kappa shape index (κ2) is 9.91. The molecular weight excluding hydrogens is 420 g/mol. The molecule has 0 aliphatic heterocycles. The fraction of sp³-hybridized carbons (Fsp3) is 0.154. The van der Waals surface area contributed by atoms with Gasteiger partial charge < -0.3 is 19.4 Å². The van der Waals surface area contributed by atoms with Crippen LogP contribution in [0.5, 0.6) is 17.2 Å². The lowest BCUT2D eigenvalue weighted by Gasteiger charge is -2.14. The minimum atomic E-state index is -0.546. The van der Waals surface area contributed by atoms with Crippen LogP contribution in [0, 0.1) is 6.92 Å². The van der Waals surface area contributed by atoms with E-state index in [2.05, 4.69) is 4.98 Å². The van der Waals surface area contributed by atoms with Gasteiger partial charge in [-0.05, 0) is 55.8 Å². The van der Waals surface area contributed by atoms with E-state index in [1.807, 2.05) is 54.6 Å². The molecule has 1 heterocycles. The highest BCUT2D eigenvalue weighted by atomic mass is 16.7. The van der Waals surface area contributed by atoms with Crippen molar-refractivity contribution in [3.63, 3.8) is 0 Å². The molecule has 3 aromatic carbocycles. The van der Waals surface area contributed by atoms with E-state index < -0.39 is 5.97 Å². The Hall–Kier alpha value is -4.26. The summed E-state index contributed by atoms with van der Waals surface area (Å²) in [4.78, 5) is 23.1. The van der Waals surface area contributed by atoms with Crippen LogP contribution < -0.4 is 9.57 Å². The Morgan fingerprint density at radius 1 is 0.939 bits per heavy atom. The zero-order chi connectivity index (χ0) is 23.2. The summed E-state index contributed by atoms with van der Waals surface area (Å²) >= 11 is 0. The van der Waals surface area contributed by atoms with E-state index in [1.165, 1.54) is 4.73 Å². The summed E-state index contributed by atoms with van der Waals surface area (Å²) < 4.78 is 12.3. The van der Waals surface area contributed by atoms with E-state index in [-0.39, 0.29) is 24.7 Å². The SMILES string of the molecule is CCOC(=O)c1c(C)nc(-c2ccccc2O)n1OCc1ccc(Oc2ccccc2)cc1. The molecular formula is C26H24N2O5. The molecule has 0 spiro atoms. The van der Waals surface area contributed by atoms with Gasteiger partial charge in [0.2, 0.25) is 0 Å². The van der Waals surface area contributed by atoms with Crippen molar-refractivity contribution in [3.05, 3.63) is 95.8 Å². The van der Waals surface area contributed by atoms with Crippen molar-refractivity contribution in [2.24, 2.45) is 0 Å². The first kappa shape index (κ1) is 22.0. The van der Waals surface area contributed by atoms with Gasteiger partial charge in [-0.25, -0.2) is 9.78 Å². The smallest absolute Gasteiger partial charge is 0.360 e. The van der Waals surface area contributed by atoms with E-state index in [4.69, 9.17) is 14.3 Å². The molecule has 0 saturated carbocycles. The molecule has 0 bridgehead atoms. The Morgan fingerprint density at radius 3 is 2.30 bits per heavy atom. The third-order valence-corrected chi connectivity index (χ3v) is 4.89. The molecule has 7 nitrogen and oxygen atoms in total. The van der Waals surface area contributed by atoms with Gasteiger partial charge in [-0.2, -0.15) is 4.73 Å². The second-order valence-corrected chi connectivity index (χ2v) is 7.23. The van der Waals surface area contributed by atoms with Crippen LogP contribution >= 0.6 is 0 Å². The Kier molecular flexibility index (Phi) is 6.59. The monoisotopic (exact) mass is 444 g/mol. The van der Waals surface area contributed by atoms with Gasteiger partial charge in [0.1, 0.15) is 23.9 Å². The van der Waals surface area contributed by atoms with Crippen molar-refractivity contribution in [1.29, 1.82) is 0 Å². The lowest BCUT2D eigenvalue weighted by Crippen LogP contribution is -2.20. The van der Waals surface area contributed by atoms with Crippen molar-refractivity contribution in [1.82, 2.24) is 9.71 Å². The maximum absolute atomic E-state index is 12.6. The van der Waals surface area contributed by atoms with Gasteiger partial charge >= 0.3 is 5.97 Å². The normalized spacial score (nSPS) is 10.6. The number of hydrogen-bond acceptors (Lipinski definition) is 6. The number of aryl methyl sites for hydroxylation is 1. The number of nitrogens with zero attached hydrogens (tertiary/aromatic N) is 2. The van der Waals surface area contributed by atoms with Gasteiger partial charge in [-0.3, -0.25) is 0 Å². The van der Waals surface area contributed by atoms with Crippen LogP contribution in [-0.4, -0.2) is 27.4 Å². The molecule has 0 saturated heterocycles. The molecule has 0 radical (unpaired) electrons. The molecule has 0 atom stereocenters. The maximum Gasteiger partial charge on any atom is 0.360 e. The molecule has 168 valence electrons. The number of benzene rings is 3. The first-order valence-corrected chi connectivity index (χ1v) is 10.6. The number of phenolic OH excluding ortho intramolecular Hbond substituents is 1. The molecule has 0 fully saturated rings. The third kappa shape index (κ3) is 4.98. The minimum absolute atomic E-state index is 0.0326. The fourth-order valence-corrected chi connectivity index (χ4v) is 3.32. The number of para-hydroxylation sites is 2. The van der Waals surface area contributed by atoms with Crippen LogP contribution in [0.15, 0.2) is 78.9 Å². The van der Waals surface area contributed by atoms with E-state index in [1.54, 1.807) is 38.1 Å². The zero-order valence-corrected chi connectivity index (χ0v) is 18.4. The number of hydrogen-bond donors (Lipinski definition) is 1. The highest BCUT2D eigenvalue weighted by Gasteiger charge is 2.25. The van der Waals surface area contributed by atoms with Crippen molar-refractivity contribution < 1.29 is 24.2 Å². The number of carbonyl (C=O) groups excluding carboxylic acids is 1. The number of ether oxygens (including phenoxy) is 2. The average molecular weight is 444 g/mol. The topological polar surface area (TPSA) is 82.8 Å². The summed E-state index contributed by atoms with van der Waals surface area (Å²) in [7, 11) is 0. The molecule has 4 aromatic rings. The summed E-state index contributed by atoms with van der Waals surface area (Å²) in [6, 6.07) is 23.7. The quantitative estimate of drug-likeness (QED) is 0.378. The van der Waals surface area contributed by atoms with Crippen LogP contribution in [0.4, 0.5) is 0 Å². The van der Waals surface area contributed by atoms with Crippen molar-refractivity contribution in [3.8, 4) is 28.6 Å². The van der Waals surface area contributed by atoms with Gasteiger partial charge in [-0.1, -0.05) is 42.5 Å². The highest BCUT2D eigenvalue weighted by Crippen LogP contribution is 2.30. The van der Waals surface area contributed by atoms with Crippen LogP contribution in [-0.2, 0) is 11.3 Å². The highest BCUT2D eigenvalue weighted by molar-refractivity contribution is 5.90. The Balaban J connectivity index is 1.59. The molecule has 7 heteroatoms. The predicted molar refractivity (Wildman–Crippen MR) is 123 cm³/mol. The number of rotatable bonds is 8.